The van der Waals surface area contributed by atoms with Crippen LogP contribution in [0.2, 0.25) is 0 Å². The summed E-state index contributed by atoms with van der Waals surface area (Å²) < 4.78 is 22.5. The molecule has 0 spiro atoms. The van der Waals surface area contributed by atoms with Gasteiger partial charge in [0.05, 0.1) is 0 Å². The first-order valence-electron chi connectivity index (χ1n) is 5.78. The Morgan fingerprint density at radius 3 is 1.70 bits per heavy atom. The van der Waals surface area contributed by atoms with E-state index in [0.29, 0.717) is 0 Å². The number of aromatic nitrogens is 1. The zero-order chi connectivity index (χ0) is 17.1. The second-order valence-corrected chi connectivity index (χ2v) is 3.30. The first-order chi connectivity index (χ1) is 11.0. The molecular weight excluding hydrogens is 329 g/mol. The van der Waals surface area contributed by atoms with Crippen molar-refractivity contribution < 1.29 is 31.3 Å². The predicted molar refractivity (Wildman–Crippen MR) is 80.2 cm³/mol. The van der Waals surface area contributed by atoms with Crippen molar-refractivity contribution in [3.05, 3.63) is 92.8 Å². The molecule has 2 aromatic heterocycles. The van der Waals surface area contributed by atoms with Gasteiger partial charge in [-0.2, -0.15) is 0 Å². The number of fused-ring (bicyclic) bond motifs is 1. The van der Waals surface area contributed by atoms with Crippen LogP contribution >= 0.6 is 0 Å². The summed E-state index contributed by atoms with van der Waals surface area (Å²) >= 11 is 0. The summed E-state index contributed by atoms with van der Waals surface area (Å²) in [4.78, 5) is 3.78. The number of rotatable bonds is 0. The molecule has 1 aromatic carbocycles. The van der Waals surface area contributed by atoms with Crippen molar-refractivity contribution in [3.63, 3.8) is 0 Å². The van der Waals surface area contributed by atoms with E-state index in [9.17, 15) is 0 Å². The van der Waals surface area contributed by atoms with Gasteiger partial charge in [0, 0.05) is 29.8 Å². The monoisotopic (exact) mass is 340 g/mol. The van der Waals surface area contributed by atoms with Crippen LogP contribution in [0.4, 0.5) is 0 Å². The van der Waals surface area contributed by atoms with Crippen molar-refractivity contribution in [2.24, 2.45) is 0 Å². The molecule has 0 bridgehead atoms. The average molecular weight is 340 g/mol. The smallest absolute Gasteiger partial charge is 0.0267 e. The number of hydrogen-bond donors (Lipinski definition) is 0. The van der Waals surface area contributed by atoms with Crippen LogP contribution in [0.3, 0.4) is 0 Å². The number of benzene rings is 1. The third-order valence-electron chi connectivity index (χ3n) is 2.16. The van der Waals surface area contributed by atoms with Crippen molar-refractivity contribution in [3.8, 4) is 0 Å². The molecule has 0 aliphatic rings. The van der Waals surface area contributed by atoms with Gasteiger partial charge in [0.25, 0.3) is 0 Å². The summed E-state index contributed by atoms with van der Waals surface area (Å²) in [6.07, 6.45) is 3.50. The van der Waals surface area contributed by atoms with Gasteiger partial charge in [0.2, 0.25) is 0 Å². The minimum Gasteiger partial charge on any atom is -0.265 e. The minimum atomic E-state index is 0. The Bertz CT molecular complexity index is 566. The molecule has 0 amide bonds. The second-order valence-electron chi connectivity index (χ2n) is 3.30. The van der Waals surface area contributed by atoms with E-state index in [1.54, 1.807) is 12.4 Å². The van der Waals surface area contributed by atoms with Crippen LogP contribution in [-0.4, -0.2) is 11.9 Å². The van der Waals surface area contributed by atoms with Gasteiger partial charge in [-0.3, -0.25) is 4.98 Å². The standard InChI is InChI=1S/C9H6B.C5H5N.3CO.Cr/c1-2-4-9-7-10-6-5-8(9)3-1;1-2-4-6-5-3-1;3*1-2;/h1-5,7H;1-5H;;;;/q-1;;;;;. The maximum atomic E-state index is 7.50. The van der Waals surface area contributed by atoms with Crippen LogP contribution in [-0.2, 0) is 31.3 Å². The van der Waals surface area contributed by atoms with Gasteiger partial charge in [-0.05, 0) is 12.1 Å². The second kappa shape index (κ2) is 22.1. The average Bonchev–Trinajstić information content (AvgIpc) is 2.69. The molecule has 0 radical (unpaired) electrons. The van der Waals surface area contributed by atoms with Crippen molar-refractivity contribution in [1.82, 2.24) is 4.98 Å². The molecule has 0 aliphatic heterocycles. The van der Waals surface area contributed by atoms with Gasteiger partial charge in [-0.25, -0.2) is 0 Å². The van der Waals surface area contributed by atoms with E-state index in [1.165, 1.54) is 10.8 Å². The molecule has 4 nitrogen and oxygen atoms in total. The fourth-order valence-electron chi connectivity index (χ4n) is 1.38. The Balaban J connectivity index is -0.000000268. The van der Waals surface area contributed by atoms with Crippen LogP contribution in [0.1, 0.15) is 0 Å². The normalized spacial score (nSPS) is 6.52. The van der Waals surface area contributed by atoms with Crippen LogP contribution in [0.5, 0.6) is 0 Å². The third kappa shape index (κ3) is 13.2. The van der Waals surface area contributed by atoms with Crippen LogP contribution in [0.25, 0.3) is 10.8 Å². The minimum absolute atomic E-state index is 0. The Morgan fingerprint density at radius 1 is 0.783 bits per heavy atom. The van der Waals surface area contributed by atoms with E-state index in [1.807, 2.05) is 43.3 Å². The zero-order valence-electron chi connectivity index (χ0n) is 12.0. The quantitative estimate of drug-likeness (QED) is 0.458. The predicted octanol–water partition coefficient (Wildman–Crippen LogP) is 2.94. The summed E-state index contributed by atoms with van der Waals surface area (Å²) in [5, 5.41) is 2.53. The molecule has 0 aliphatic carbocycles. The van der Waals surface area contributed by atoms with Crippen molar-refractivity contribution in [2.45, 2.75) is 0 Å². The number of pyridine rings is 1. The maximum absolute atomic E-state index is 7.50. The number of nitrogens with zero attached hydrogens (tertiary/aromatic N) is 1. The molecule has 0 atom stereocenters. The van der Waals surface area contributed by atoms with Gasteiger partial charge in [0.1, 0.15) is 0 Å². The van der Waals surface area contributed by atoms with E-state index in [0.717, 1.165) is 0 Å². The molecule has 3 aromatic rings. The number of hydrogen-bond acceptors (Lipinski definition) is 1. The molecular formula is C17H11BCrNO3-. The van der Waals surface area contributed by atoms with E-state index in [-0.39, 0.29) is 17.4 Å². The summed E-state index contributed by atoms with van der Waals surface area (Å²) in [5.41, 5.74) is 0. The summed E-state index contributed by atoms with van der Waals surface area (Å²) in [6, 6.07) is 16.0. The maximum Gasteiger partial charge on any atom is 0.0267 e. The van der Waals surface area contributed by atoms with Crippen molar-refractivity contribution in [1.29, 1.82) is 0 Å². The summed E-state index contributed by atoms with van der Waals surface area (Å²) in [7, 11) is 0. The summed E-state index contributed by atoms with van der Waals surface area (Å²) in [5.74, 6) is 5.10. The Hall–Kier alpha value is -2.20. The van der Waals surface area contributed by atoms with E-state index >= 15 is 0 Å². The van der Waals surface area contributed by atoms with Gasteiger partial charge < -0.3 is 0 Å². The van der Waals surface area contributed by atoms with Crippen LogP contribution < -0.4 is 0 Å². The molecule has 6 heteroatoms. The Morgan fingerprint density at radius 2 is 1.30 bits per heavy atom. The molecule has 2 heterocycles. The fourth-order valence-corrected chi connectivity index (χ4v) is 1.38. The fraction of sp³-hybridized carbons (Fsp3) is 0. The van der Waals surface area contributed by atoms with Gasteiger partial charge in [-0.15, -0.1) is 0 Å². The summed E-state index contributed by atoms with van der Waals surface area (Å²) in [6.45, 7) is 15.4. The van der Waals surface area contributed by atoms with E-state index in [2.05, 4.69) is 49.0 Å². The topological polar surface area (TPSA) is 72.6 Å². The largest absolute Gasteiger partial charge is 0.265 e. The first kappa shape index (κ1) is 25.7. The van der Waals surface area contributed by atoms with Gasteiger partial charge in [-0.1, -0.05) is 6.07 Å². The van der Waals surface area contributed by atoms with Crippen LogP contribution in [0.15, 0.2) is 66.9 Å². The zero-order valence-corrected chi connectivity index (χ0v) is 13.3. The molecule has 0 saturated heterocycles. The molecule has 0 fully saturated rings. The van der Waals surface area contributed by atoms with E-state index < -0.39 is 0 Å². The van der Waals surface area contributed by atoms with Crippen molar-refractivity contribution >= 4 is 17.7 Å². The van der Waals surface area contributed by atoms with E-state index in [4.69, 9.17) is 14.0 Å². The Labute approximate surface area is 147 Å². The Kier molecular flexibility index (Phi) is 24.7. The van der Waals surface area contributed by atoms with Gasteiger partial charge >= 0.3 is 93.8 Å². The molecule has 0 N–H and O–H groups in total. The molecule has 23 heavy (non-hydrogen) atoms. The van der Waals surface area contributed by atoms with Crippen molar-refractivity contribution in [2.75, 3.05) is 0 Å². The van der Waals surface area contributed by atoms with Crippen LogP contribution in [0, 0.1) is 25.9 Å². The SMILES string of the molecule is [C-]#[O+].[C-]#[O+].[C-]#[O+].[Cr].b1[c-]cc2ccccc2c1.c1ccncc1. The molecule has 112 valence electrons. The third-order valence-corrected chi connectivity index (χ3v) is 2.16. The molecule has 3 rings (SSSR count). The molecule has 0 saturated carbocycles. The first-order valence-corrected chi connectivity index (χ1v) is 5.78. The van der Waals surface area contributed by atoms with Gasteiger partial charge in [0.15, 0.2) is 0 Å². The molecule has 0 unspecified atom stereocenters.